The second kappa shape index (κ2) is 6.53. The number of phenolic OH excluding ortho intramolecular Hbond substituents is 2. The van der Waals surface area contributed by atoms with E-state index >= 15 is 0 Å². The summed E-state index contributed by atoms with van der Waals surface area (Å²) in [4.78, 5) is 0. The van der Waals surface area contributed by atoms with Crippen LogP contribution in [0.4, 0.5) is 0 Å². The van der Waals surface area contributed by atoms with Gasteiger partial charge in [0.15, 0.2) is 11.5 Å². The van der Waals surface area contributed by atoms with Crippen LogP contribution in [-0.4, -0.2) is 10.2 Å². The molecule has 2 N–H and O–H groups in total. The summed E-state index contributed by atoms with van der Waals surface area (Å²) in [6, 6.07) is 2.06. The fourth-order valence-electron chi connectivity index (χ4n) is 2.28. The molecular weight excluding hydrogens is 212 g/mol. The number of phenols is 2. The minimum atomic E-state index is 0.0927. The highest BCUT2D eigenvalue weighted by atomic mass is 16.3. The van der Waals surface area contributed by atoms with Crippen molar-refractivity contribution >= 4 is 0 Å². The van der Waals surface area contributed by atoms with Crippen LogP contribution >= 0.6 is 0 Å². The maximum absolute atomic E-state index is 10.00. The normalized spacial score (nSPS) is 10.8. The summed E-state index contributed by atoms with van der Waals surface area (Å²) in [6.45, 7) is 6.25. The highest BCUT2D eigenvalue weighted by Crippen LogP contribution is 2.36. The van der Waals surface area contributed by atoms with Gasteiger partial charge in [-0.1, -0.05) is 39.7 Å². The standard InChI is InChI=1S/C15H24O2/c1-4-7-8-9-12-10-11(5-2)13(6-3)15(17)14(12)16/h10,16-17H,4-9H2,1-3H3. The summed E-state index contributed by atoms with van der Waals surface area (Å²) in [5.74, 6) is 0.188. The molecule has 0 fully saturated rings. The van der Waals surface area contributed by atoms with Crippen LogP contribution in [0.2, 0.25) is 0 Å². The van der Waals surface area contributed by atoms with Crippen LogP contribution in [-0.2, 0) is 19.3 Å². The number of unbranched alkanes of at least 4 members (excludes halogenated alkanes) is 2. The van der Waals surface area contributed by atoms with Crippen molar-refractivity contribution in [2.24, 2.45) is 0 Å². The van der Waals surface area contributed by atoms with E-state index in [2.05, 4.69) is 19.9 Å². The van der Waals surface area contributed by atoms with Crippen molar-refractivity contribution in [2.45, 2.75) is 59.3 Å². The summed E-state index contributed by atoms with van der Waals surface area (Å²) in [5, 5.41) is 20.0. The Balaban J connectivity index is 3.02. The first kappa shape index (κ1) is 13.9. The maximum Gasteiger partial charge on any atom is 0.161 e. The van der Waals surface area contributed by atoms with Gasteiger partial charge in [-0.05, 0) is 36.8 Å². The topological polar surface area (TPSA) is 40.5 Å². The van der Waals surface area contributed by atoms with Crippen molar-refractivity contribution in [3.05, 3.63) is 22.8 Å². The zero-order chi connectivity index (χ0) is 12.8. The highest BCUT2D eigenvalue weighted by Gasteiger charge is 2.14. The molecule has 0 aliphatic carbocycles. The van der Waals surface area contributed by atoms with Crippen LogP contribution in [0.5, 0.6) is 11.5 Å². The lowest BCUT2D eigenvalue weighted by Gasteiger charge is -2.14. The van der Waals surface area contributed by atoms with Crippen molar-refractivity contribution in [2.75, 3.05) is 0 Å². The highest BCUT2D eigenvalue weighted by molar-refractivity contribution is 5.54. The van der Waals surface area contributed by atoms with Crippen molar-refractivity contribution in [1.82, 2.24) is 0 Å². The fraction of sp³-hybridized carbons (Fsp3) is 0.600. The second-order valence-corrected chi connectivity index (χ2v) is 4.53. The van der Waals surface area contributed by atoms with Gasteiger partial charge in [-0.25, -0.2) is 0 Å². The zero-order valence-corrected chi connectivity index (χ0v) is 11.2. The van der Waals surface area contributed by atoms with Gasteiger partial charge in [-0.3, -0.25) is 0 Å². The first-order chi connectivity index (χ1) is 8.15. The predicted octanol–water partition coefficient (Wildman–Crippen LogP) is 3.96. The number of hydrogen-bond acceptors (Lipinski definition) is 2. The van der Waals surface area contributed by atoms with Gasteiger partial charge in [-0.2, -0.15) is 0 Å². The number of benzene rings is 1. The van der Waals surface area contributed by atoms with Gasteiger partial charge in [0.25, 0.3) is 0 Å². The molecule has 2 nitrogen and oxygen atoms in total. The molecule has 0 saturated heterocycles. The lowest BCUT2D eigenvalue weighted by Crippen LogP contribution is -1.97. The van der Waals surface area contributed by atoms with Gasteiger partial charge in [0.05, 0.1) is 0 Å². The molecular formula is C15H24O2. The third kappa shape index (κ3) is 3.15. The smallest absolute Gasteiger partial charge is 0.161 e. The molecule has 0 amide bonds. The molecule has 0 unspecified atom stereocenters. The van der Waals surface area contributed by atoms with Gasteiger partial charge < -0.3 is 10.2 Å². The molecule has 1 aromatic rings. The molecule has 0 aliphatic heterocycles. The minimum Gasteiger partial charge on any atom is -0.504 e. The van der Waals surface area contributed by atoms with Gasteiger partial charge in [0.1, 0.15) is 0 Å². The Hall–Kier alpha value is -1.18. The van der Waals surface area contributed by atoms with E-state index < -0.39 is 0 Å². The van der Waals surface area contributed by atoms with Crippen molar-refractivity contribution in [1.29, 1.82) is 0 Å². The van der Waals surface area contributed by atoms with Crippen LogP contribution in [0.1, 0.15) is 56.7 Å². The van der Waals surface area contributed by atoms with E-state index in [9.17, 15) is 10.2 Å². The lowest BCUT2D eigenvalue weighted by molar-refractivity contribution is 0.394. The van der Waals surface area contributed by atoms with Crippen LogP contribution in [0, 0.1) is 0 Å². The quantitative estimate of drug-likeness (QED) is 0.580. The molecule has 0 aliphatic rings. The summed E-state index contributed by atoms with van der Waals surface area (Å²) >= 11 is 0. The van der Waals surface area contributed by atoms with Gasteiger partial charge >= 0.3 is 0 Å². The predicted molar refractivity (Wildman–Crippen MR) is 71.8 cm³/mol. The molecule has 96 valence electrons. The molecule has 0 atom stereocenters. The second-order valence-electron chi connectivity index (χ2n) is 4.53. The van der Waals surface area contributed by atoms with Crippen molar-refractivity contribution < 1.29 is 10.2 Å². The SMILES string of the molecule is CCCCCc1cc(CC)c(CC)c(O)c1O. The Labute approximate surface area is 104 Å². The Kier molecular flexibility index (Phi) is 5.33. The summed E-state index contributed by atoms with van der Waals surface area (Å²) in [7, 11) is 0. The average molecular weight is 236 g/mol. The third-order valence-electron chi connectivity index (χ3n) is 3.33. The molecule has 1 rings (SSSR count). The molecule has 0 spiro atoms. The molecule has 0 heterocycles. The fourth-order valence-corrected chi connectivity index (χ4v) is 2.28. The van der Waals surface area contributed by atoms with E-state index in [1.54, 1.807) is 0 Å². The van der Waals surface area contributed by atoms with Crippen LogP contribution < -0.4 is 0 Å². The molecule has 17 heavy (non-hydrogen) atoms. The van der Waals surface area contributed by atoms with E-state index in [0.29, 0.717) is 0 Å². The maximum atomic E-state index is 10.00. The Morgan fingerprint density at radius 2 is 1.59 bits per heavy atom. The third-order valence-corrected chi connectivity index (χ3v) is 3.33. The number of aromatic hydroxyl groups is 2. The van der Waals surface area contributed by atoms with Gasteiger partial charge in [0.2, 0.25) is 0 Å². The molecule has 0 aromatic heterocycles. The largest absolute Gasteiger partial charge is 0.504 e. The molecule has 1 aromatic carbocycles. The summed E-state index contributed by atoms with van der Waals surface area (Å²) < 4.78 is 0. The van der Waals surface area contributed by atoms with Gasteiger partial charge in [-0.15, -0.1) is 0 Å². The molecule has 0 bridgehead atoms. The minimum absolute atomic E-state index is 0.0927. The number of aryl methyl sites for hydroxylation is 2. The molecule has 0 radical (unpaired) electrons. The van der Waals surface area contributed by atoms with Crippen LogP contribution in [0.15, 0.2) is 6.07 Å². The molecule has 0 saturated carbocycles. The molecule has 2 heteroatoms. The van der Waals surface area contributed by atoms with E-state index in [-0.39, 0.29) is 11.5 Å². The average Bonchev–Trinajstić information content (AvgIpc) is 2.34. The van der Waals surface area contributed by atoms with E-state index in [0.717, 1.165) is 48.8 Å². The summed E-state index contributed by atoms with van der Waals surface area (Å²) in [5.41, 5.74) is 2.95. The van der Waals surface area contributed by atoms with E-state index in [4.69, 9.17) is 0 Å². The van der Waals surface area contributed by atoms with Crippen LogP contribution in [0.25, 0.3) is 0 Å². The first-order valence-corrected chi connectivity index (χ1v) is 6.71. The van der Waals surface area contributed by atoms with E-state index in [1.807, 2.05) is 6.92 Å². The lowest BCUT2D eigenvalue weighted by atomic mass is 9.95. The van der Waals surface area contributed by atoms with Gasteiger partial charge in [0, 0.05) is 5.56 Å². The number of hydrogen-bond donors (Lipinski definition) is 2. The van der Waals surface area contributed by atoms with Crippen LogP contribution in [0.3, 0.4) is 0 Å². The first-order valence-electron chi connectivity index (χ1n) is 6.71. The summed E-state index contributed by atoms with van der Waals surface area (Å²) in [6.07, 6.45) is 5.91. The zero-order valence-electron chi connectivity index (χ0n) is 11.2. The van der Waals surface area contributed by atoms with E-state index in [1.165, 1.54) is 6.42 Å². The number of rotatable bonds is 6. The van der Waals surface area contributed by atoms with Crippen molar-refractivity contribution in [3.8, 4) is 11.5 Å². The Morgan fingerprint density at radius 1 is 0.882 bits per heavy atom. The Bertz CT molecular complexity index is 370. The Morgan fingerprint density at radius 3 is 2.12 bits per heavy atom. The monoisotopic (exact) mass is 236 g/mol. The van der Waals surface area contributed by atoms with Crippen molar-refractivity contribution in [3.63, 3.8) is 0 Å².